The van der Waals surface area contributed by atoms with Gasteiger partial charge in [-0.25, -0.2) is 4.98 Å². The maximum atomic E-state index is 10.9. The number of carbonyl (C=O) groups excluding carboxylic acids is 1. The van der Waals surface area contributed by atoms with E-state index in [1.807, 2.05) is 6.92 Å². The first kappa shape index (κ1) is 12.2. The van der Waals surface area contributed by atoms with Gasteiger partial charge in [-0.05, 0) is 20.8 Å². The summed E-state index contributed by atoms with van der Waals surface area (Å²) in [6, 6.07) is 1.15. The van der Waals surface area contributed by atoms with Gasteiger partial charge in [0.25, 0.3) is 0 Å². The monoisotopic (exact) mass is 224 g/mol. The minimum absolute atomic E-state index is 0.436. The second-order valence-electron chi connectivity index (χ2n) is 3.34. The summed E-state index contributed by atoms with van der Waals surface area (Å²) in [5.41, 5.74) is 5.14. The van der Waals surface area contributed by atoms with Gasteiger partial charge in [0.15, 0.2) is 0 Å². The lowest BCUT2D eigenvalue weighted by Gasteiger charge is -2.12. The molecule has 0 aromatic carbocycles. The van der Waals surface area contributed by atoms with Gasteiger partial charge in [0, 0.05) is 6.07 Å². The number of amides is 1. The third kappa shape index (κ3) is 3.38. The largest absolute Gasteiger partial charge is 0.478 e. The van der Waals surface area contributed by atoms with E-state index in [2.05, 4.69) is 15.3 Å². The van der Waals surface area contributed by atoms with E-state index in [4.69, 9.17) is 10.5 Å². The second-order valence-corrected chi connectivity index (χ2v) is 3.34. The molecule has 1 rings (SSSR count). The van der Waals surface area contributed by atoms with E-state index in [0.29, 0.717) is 24.1 Å². The van der Waals surface area contributed by atoms with Crippen molar-refractivity contribution in [2.24, 2.45) is 5.73 Å². The SMILES string of the molecule is CCOc1cc(NC(C)C(N)=O)nc(C)n1. The summed E-state index contributed by atoms with van der Waals surface area (Å²) in [6.07, 6.45) is 0. The van der Waals surface area contributed by atoms with E-state index in [0.717, 1.165) is 0 Å². The minimum Gasteiger partial charge on any atom is -0.478 e. The molecule has 1 aromatic heterocycles. The van der Waals surface area contributed by atoms with Gasteiger partial charge in [0.2, 0.25) is 11.8 Å². The summed E-state index contributed by atoms with van der Waals surface area (Å²) < 4.78 is 5.26. The smallest absolute Gasteiger partial charge is 0.239 e. The van der Waals surface area contributed by atoms with E-state index in [-0.39, 0.29) is 0 Å². The van der Waals surface area contributed by atoms with Gasteiger partial charge in [-0.15, -0.1) is 0 Å². The molecule has 6 nitrogen and oxygen atoms in total. The Balaban J connectivity index is 2.83. The van der Waals surface area contributed by atoms with Gasteiger partial charge in [-0.3, -0.25) is 4.79 Å². The van der Waals surface area contributed by atoms with Crippen LogP contribution in [0.4, 0.5) is 5.82 Å². The van der Waals surface area contributed by atoms with Gasteiger partial charge in [-0.1, -0.05) is 0 Å². The highest BCUT2D eigenvalue weighted by Gasteiger charge is 2.10. The molecular weight excluding hydrogens is 208 g/mol. The number of nitrogens with one attached hydrogen (secondary N) is 1. The van der Waals surface area contributed by atoms with Crippen LogP contribution in [0.3, 0.4) is 0 Å². The van der Waals surface area contributed by atoms with Crippen LogP contribution in [0.2, 0.25) is 0 Å². The zero-order valence-electron chi connectivity index (χ0n) is 9.65. The highest BCUT2D eigenvalue weighted by Crippen LogP contribution is 2.13. The summed E-state index contributed by atoms with van der Waals surface area (Å²) in [4.78, 5) is 19.1. The number of anilines is 1. The molecule has 0 radical (unpaired) electrons. The fraction of sp³-hybridized carbons (Fsp3) is 0.500. The van der Waals surface area contributed by atoms with Crippen LogP contribution >= 0.6 is 0 Å². The van der Waals surface area contributed by atoms with E-state index < -0.39 is 11.9 Å². The van der Waals surface area contributed by atoms with Gasteiger partial charge in [0.1, 0.15) is 17.7 Å². The maximum absolute atomic E-state index is 10.9. The molecule has 0 saturated heterocycles. The van der Waals surface area contributed by atoms with Crippen LogP contribution < -0.4 is 15.8 Å². The molecule has 6 heteroatoms. The first-order chi connectivity index (χ1) is 7.52. The van der Waals surface area contributed by atoms with E-state index >= 15 is 0 Å². The maximum Gasteiger partial charge on any atom is 0.239 e. The summed E-state index contributed by atoms with van der Waals surface area (Å²) in [6.45, 7) is 5.82. The second kappa shape index (κ2) is 5.29. The molecule has 0 fully saturated rings. The standard InChI is InChI=1S/C10H16N4O2/c1-4-16-9-5-8(13-7(3)14-9)12-6(2)10(11)15/h5-6H,4H2,1-3H3,(H2,11,15)(H,12,13,14). The normalized spacial score (nSPS) is 11.9. The Bertz CT molecular complexity index is 381. The third-order valence-electron chi connectivity index (χ3n) is 1.90. The lowest BCUT2D eigenvalue weighted by atomic mass is 10.3. The molecule has 3 N–H and O–H groups in total. The predicted molar refractivity (Wildman–Crippen MR) is 60.2 cm³/mol. The molecule has 0 aliphatic heterocycles. The molecule has 0 saturated carbocycles. The summed E-state index contributed by atoms with van der Waals surface area (Å²) in [5, 5.41) is 2.88. The molecule has 1 heterocycles. The molecule has 16 heavy (non-hydrogen) atoms. The first-order valence-corrected chi connectivity index (χ1v) is 5.07. The van der Waals surface area contributed by atoms with Crippen LogP contribution in [0, 0.1) is 6.92 Å². The van der Waals surface area contributed by atoms with Crippen LogP contribution in [-0.4, -0.2) is 28.5 Å². The van der Waals surface area contributed by atoms with E-state index in [9.17, 15) is 4.79 Å². The highest BCUT2D eigenvalue weighted by atomic mass is 16.5. The highest BCUT2D eigenvalue weighted by molar-refractivity contribution is 5.82. The van der Waals surface area contributed by atoms with Gasteiger partial charge in [-0.2, -0.15) is 4.98 Å². The number of carbonyl (C=O) groups is 1. The lowest BCUT2D eigenvalue weighted by molar-refractivity contribution is -0.118. The molecule has 1 amide bonds. The number of nitrogens with zero attached hydrogens (tertiary/aromatic N) is 2. The number of hydrogen-bond donors (Lipinski definition) is 2. The minimum atomic E-state index is -0.483. The summed E-state index contributed by atoms with van der Waals surface area (Å²) >= 11 is 0. The molecule has 1 unspecified atom stereocenters. The van der Waals surface area contributed by atoms with E-state index in [1.165, 1.54) is 0 Å². The molecule has 0 aliphatic carbocycles. The zero-order chi connectivity index (χ0) is 12.1. The van der Waals surface area contributed by atoms with Crippen LogP contribution in [0.1, 0.15) is 19.7 Å². The van der Waals surface area contributed by atoms with Crippen LogP contribution in [0.5, 0.6) is 5.88 Å². The van der Waals surface area contributed by atoms with Crippen molar-refractivity contribution >= 4 is 11.7 Å². The number of aromatic nitrogens is 2. The van der Waals surface area contributed by atoms with Gasteiger partial charge < -0.3 is 15.8 Å². The Hall–Kier alpha value is -1.85. The van der Waals surface area contributed by atoms with Crippen molar-refractivity contribution in [1.29, 1.82) is 0 Å². The van der Waals surface area contributed by atoms with Crippen molar-refractivity contribution in [2.45, 2.75) is 26.8 Å². The van der Waals surface area contributed by atoms with Crippen molar-refractivity contribution in [2.75, 3.05) is 11.9 Å². The van der Waals surface area contributed by atoms with Crippen molar-refractivity contribution in [3.63, 3.8) is 0 Å². The van der Waals surface area contributed by atoms with Crippen molar-refractivity contribution in [3.8, 4) is 5.88 Å². The topological polar surface area (TPSA) is 90.1 Å². The van der Waals surface area contributed by atoms with Crippen molar-refractivity contribution in [3.05, 3.63) is 11.9 Å². The van der Waals surface area contributed by atoms with Crippen molar-refractivity contribution < 1.29 is 9.53 Å². The Labute approximate surface area is 94.2 Å². The van der Waals surface area contributed by atoms with Gasteiger partial charge >= 0.3 is 0 Å². The summed E-state index contributed by atoms with van der Waals surface area (Å²) in [7, 11) is 0. The quantitative estimate of drug-likeness (QED) is 0.758. The molecule has 0 aliphatic rings. The van der Waals surface area contributed by atoms with Crippen LogP contribution in [0.15, 0.2) is 6.07 Å². The number of nitrogens with two attached hydrogens (primary N) is 1. The van der Waals surface area contributed by atoms with Crippen molar-refractivity contribution in [1.82, 2.24) is 9.97 Å². The molecular formula is C10H16N4O2. The Morgan fingerprint density at radius 3 is 2.88 bits per heavy atom. The number of aryl methyl sites for hydroxylation is 1. The first-order valence-electron chi connectivity index (χ1n) is 5.07. The van der Waals surface area contributed by atoms with Gasteiger partial charge in [0.05, 0.1) is 6.61 Å². The van der Waals surface area contributed by atoms with Crippen LogP contribution in [-0.2, 0) is 4.79 Å². The fourth-order valence-corrected chi connectivity index (χ4v) is 1.13. The Morgan fingerprint density at radius 2 is 2.31 bits per heavy atom. The number of rotatable bonds is 5. The fourth-order valence-electron chi connectivity index (χ4n) is 1.13. The lowest BCUT2D eigenvalue weighted by Crippen LogP contribution is -2.32. The molecule has 0 bridgehead atoms. The molecule has 0 spiro atoms. The number of hydrogen-bond acceptors (Lipinski definition) is 5. The Morgan fingerprint density at radius 1 is 1.62 bits per heavy atom. The molecule has 1 atom stereocenters. The third-order valence-corrected chi connectivity index (χ3v) is 1.90. The number of ether oxygens (including phenoxy) is 1. The average Bonchev–Trinajstić information content (AvgIpc) is 2.16. The molecule has 88 valence electrons. The molecule has 1 aromatic rings. The summed E-state index contributed by atoms with van der Waals surface area (Å²) in [5.74, 6) is 1.15. The average molecular weight is 224 g/mol. The van der Waals surface area contributed by atoms with Crippen LogP contribution in [0.25, 0.3) is 0 Å². The Kier molecular flexibility index (Phi) is 4.04. The van der Waals surface area contributed by atoms with E-state index in [1.54, 1.807) is 19.9 Å². The number of primary amides is 1. The predicted octanol–water partition coefficient (Wildman–Crippen LogP) is 0.469. The zero-order valence-corrected chi connectivity index (χ0v) is 9.65.